The maximum Gasteiger partial charge on any atom is 0.0842 e. The second-order valence-corrected chi connectivity index (χ2v) is 4.30. The highest BCUT2D eigenvalue weighted by Gasteiger charge is 2.13. The number of likely N-dealkylation sites (N-methyl/N-ethyl adjacent to an activating group) is 1. The van der Waals surface area contributed by atoms with Crippen molar-refractivity contribution in [3.63, 3.8) is 0 Å². The fourth-order valence-corrected chi connectivity index (χ4v) is 1.71. The zero-order valence-electron chi connectivity index (χ0n) is 9.91. The lowest BCUT2D eigenvalue weighted by molar-refractivity contribution is 0.398. The van der Waals surface area contributed by atoms with E-state index >= 15 is 0 Å². The minimum absolute atomic E-state index is 0.0279. The van der Waals surface area contributed by atoms with E-state index in [-0.39, 0.29) is 5.92 Å². The molecule has 0 N–H and O–H groups in total. The molecule has 0 aliphatic carbocycles. The van der Waals surface area contributed by atoms with Gasteiger partial charge in [-0.1, -0.05) is 23.8 Å². The molecular weight excluding hydrogens is 184 g/mol. The number of hydrogen-bond donors (Lipinski definition) is 0. The van der Waals surface area contributed by atoms with E-state index in [1.54, 1.807) is 0 Å². The molecule has 0 radical (unpaired) electrons. The van der Waals surface area contributed by atoms with Gasteiger partial charge in [0, 0.05) is 6.54 Å². The summed E-state index contributed by atoms with van der Waals surface area (Å²) in [5, 5.41) is 9.17. The Hall–Kier alpha value is -1.33. The van der Waals surface area contributed by atoms with Crippen LogP contribution in [0.15, 0.2) is 18.2 Å². The van der Waals surface area contributed by atoms with Crippen molar-refractivity contribution in [2.24, 2.45) is 0 Å². The van der Waals surface area contributed by atoms with Crippen LogP contribution in [0.1, 0.15) is 22.6 Å². The first-order valence-electron chi connectivity index (χ1n) is 5.16. The van der Waals surface area contributed by atoms with Crippen LogP contribution in [-0.4, -0.2) is 25.5 Å². The quantitative estimate of drug-likeness (QED) is 0.753. The van der Waals surface area contributed by atoms with Crippen molar-refractivity contribution in [3.8, 4) is 6.07 Å². The van der Waals surface area contributed by atoms with Crippen LogP contribution in [0.25, 0.3) is 0 Å². The van der Waals surface area contributed by atoms with Crippen molar-refractivity contribution in [2.75, 3.05) is 20.6 Å². The first-order valence-corrected chi connectivity index (χ1v) is 5.16. The van der Waals surface area contributed by atoms with E-state index in [0.29, 0.717) is 0 Å². The number of aryl methyl sites for hydroxylation is 2. The van der Waals surface area contributed by atoms with E-state index in [9.17, 15) is 0 Å². The van der Waals surface area contributed by atoms with Crippen LogP contribution in [0.2, 0.25) is 0 Å². The van der Waals surface area contributed by atoms with E-state index in [2.05, 4.69) is 43.0 Å². The van der Waals surface area contributed by atoms with Crippen molar-refractivity contribution >= 4 is 0 Å². The maximum absolute atomic E-state index is 9.17. The van der Waals surface area contributed by atoms with Crippen molar-refractivity contribution in [2.45, 2.75) is 19.8 Å². The van der Waals surface area contributed by atoms with E-state index in [1.807, 2.05) is 14.1 Å². The van der Waals surface area contributed by atoms with E-state index < -0.39 is 0 Å². The standard InChI is InChI=1S/C13H18N2/c1-10-5-6-11(2)13(7-10)12(8-14)9-15(3)4/h5-7,12H,9H2,1-4H3. The molecular formula is C13H18N2. The molecule has 2 heteroatoms. The number of hydrogen-bond acceptors (Lipinski definition) is 2. The first-order chi connectivity index (χ1) is 7.04. The average molecular weight is 202 g/mol. The van der Waals surface area contributed by atoms with Crippen LogP contribution in [0.4, 0.5) is 0 Å². The van der Waals surface area contributed by atoms with Crippen LogP contribution in [0, 0.1) is 25.2 Å². The third-order valence-electron chi connectivity index (χ3n) is 2.51. The van der Waals surface area contributed by atoms with E-state index in [4.69, 9.17) is 5.26 Å². The summed E-state index contributed by atoms with van der Waals surface area (Å²) in [5.41, 5.74) is 3.58. The summed E-state index contributed by atoms with van der Waals surface area (Å²) >= 11 is 0. The molecule has 0 aliphatic heterocycles. The molecule has 1 aromatic carbocycles. The van der Waals surface area contributed by atoms with Gasteiger partial charge in [0.25, 0.3) is 0 Å². The number of nitriles is 1. The largest absolute Gasteiger partial charge is 0.308 e. The molecule has 0 amide bonds. The fourth-order valence-electron chi connectivity index (χ4n) is 1.71. The highest BCUT2D eigenvalue weighted by Crippen LogP contribution is 2.21. The van der Waals surface area contributed by atoms with Crippen molar-refractivity contribution in [3.05, 3.63) is 34.9 Å². The molecule has 0 saturated heterocycles. The van der Waals surface area contributed by atoms with Gasteiger partial charge in [-0.05, 0) is 39.1 Å². The van der Waals surface area contributed by atoms with E-state index in [1.165, 1.54) is 11.1 Å². The Balaban J connectivity index is 3.02. The van der Waals surface area contributed by atoms with Gasteiger partial charge in [0.1, 0.15) is 0 Å². The van der Waals surface area contributed by atoms with Gasteiger partial charge >= 0.3 is 0 Å². The Labute approximate surface area is 92.1 Å². The minimum atomic E-state index is -0.0279. The molecule has 80 valence electrons. The highest BCUT2D eigenvalue weighted by molar-refractivity contribution is 5.36. The summed E-state index contributed by atoms with van der Waals surface area (Å²) < 4.78 is 0. The zero-order chi connectivity index (χ0) is 11.4. The molecule has 0 heterocycles. The molecule has 0 bridgehead atoms. The molecule has 1 rings (SSSR count). The van der Waals surface area contributed by atoms with Gasteiger partial charge in [-0.25, -0.2) is 0 Å². The molecule has 1 unspecified atom stereocenters. The van der Waals surface area contributed by atoms with Crippen molar-refractivity contribution < 1.29 is 0 Å². The Kier molecular flexibility index (Phi) is 3.88. The van der Waals surface area contributed by atoms with Gasteiger partial charge in [0.2, 0.25) is 0 Å². The lowest BCUT2D eigenvalue weighted by Crippen LogP contribution is -2.20. The molecule has 15 heavy (non-hydrogen) atoms. The summed E-state index contributed by atoms with van der Waals surface area (Å²) in [7, 11) is 3.99. The normalized spacial score (nSPS) is 12.5. The Morgan fingerprint density at radius 1 is 1.33 bits per heavy atom. The number of rotatable bonds is 3. The highest BCUT2D eigenvalue weighted by atomic mass is 15.1. The molecule has 0 aromatic heterocycles. The monoisotopic (exact) mass is 202 g/mol. The topological polar surface area (TPSA) is 27.0 Å². The van der Waals surface area contributed by atoms with Crippen LogP contribution in [0.5, 0.6) is 0 Å². The lowest BCUT2D eigenvalue weighted by atomic mass is 9.94. The summed E-state index contributed by atoms with van der Waals surface area (Å²) in [6.07, 6.45) is 0. The van der Waals surface area contributed by atoms with Crippen LogP contribution >= 0.6 is 0 Å². The van der Waals surface area contributed by atoms with Gasteiger partial charge in [0.15, 0.2) is 0 Å². The average Bonchev–Trinajstić information content (AvgIpc) is 2.18. The first kappa shape index (κ1) is 11.7. The second kappa shape index (κ2) is 4.95. The Morgan fingerprint density at radius 2 is 2.00 bits per heavy atom. The Bertz CT molecular complexity index is 375. The molecule has 1 aromatic rings. The predicted molar refractivity (Wildman–Crippen MR) is 62.8 cm³/mol. The van der Waals surface area contributed by atoms with Crippen LogP contribution in [-0.2, 0) is 0 Å². The van der Waals surface area contributed by atoms with Gasteiger partial charge in [-0.2, -0.15) is 5.26 Å². The summed E-state index contributed by atoms with van der Waals surface area (Å²) in [6, 6.07) is 8.67. The lowest BCUT2D eigenvalue weighted by Gasteiger charge is -2.17. The van der Waals surface area contributed by atoms with Crippen molar-refractivity contribution in [1.82, 2.24) is 4.90 Å². The van der Waals surface area contributed by atoms with Gasteiger partial charge in [0.05, 0.1) is 12.0 Å². The molecule has 0 aliphatic rings. The smallest absolute Gasteiger partial charge is 0.0842 e. The number of benzene rings is 1. The number of nitrogens with zero attached hydrogens (tertiary/aromatic N) is 2. The third kappa shape index (κ3) is 3.07. The SMILES string of the molecule is Cc1ccc(C)c(C(C#N)CN(C)C)c1. The van der Waals surface area contributed by atoms with Gasteiger partial charge in [-0.3, -0.25) is 0 Å². The van der Waals surface area contributed by atoms with Gasteiger partial charge in [-0.15, -0.1) is 0 Å². The zero-order valence-corrected chi connectivity index (χ0v) is 9.91. The fraction of sp³-hybridized carbons (Fsp3) is 0.462. The Morgan fingerprint density at radius 3 is 2.53 bits per heavy atom. The summed E-state index contributed by atoms with van der Waals surface area (Å²) in [4.78, 5) is 2.05. The molecule has 0 saturated carbocycles. The predicted octanol–water partition coefficient (Wildman–Crippen LogP) is 2.47. The van der Waals surface area contributed by atoms with Crippen LogP contribution < -0.4 is 0 Å². The molecule has 2 nitrogen and oxygen atoms in total. The third-order valence-corrected chi connectivity index (χ3v) is 2.51. The van der Waals surface area contributed by atoms with Gasteiger partial charge < -0.3 is 4.90 Å². The van der Waals surface area contributed by atoms with E-state index in [0.717, 1.165) is 12.1 Å². The molecule has 1 atom stereocenters. The summed E-state index contributed by atoms with van der Waals surface area (Å²) in [5.74, 6) is -0.0279. The summed E-state index contributed by atoms with van der Waals surface area (Å²) in [6.45, 7) is 4.91. The van der Waals surface area contributed by atoms with Crippen LogP contribution in [0.3, 0.4) is 0 Å². The van der Waals surface area contributed by atoms with Crippen molar-refractivity contribution in [1.29, 1.82) is 5.26 Å². The molecule has 0 spiro atoms. The second-order valence-electron chi connectivity index (χ2n) is 4.30. The minimum Gasteiger partial charge on any atom is -0.308 e. The molecule has 0 fully saturated rings. The maximum atomic E-state index is 9.17.